The molecule has 4 N–H and O–H groups in total. The van der Waals surface area contributed by atoms with E-state index in [-0.39, 0.29) is 28.6 Å². The molecule has 1 aromatic heterocycles. The van der Waals surface area contributed by atoms with Gasteiger partial charge in [0.15, 0.2) is 0 Å². The molecule has 0 spiro atoms. The molecule has 7 nitrogen and oxygen atoms in total. The van der Waals surface area contributed by atoms with Crippen LogP contribution >= 0.6 is 11.6 Å². The lowest BCUT2D eigenvalue weighted by molar-refractivity contribution is -0.137. The third kappa shape index (κ3) is 5.64. The summed E-state index contributed by atoms with van der Waals surface area (Å²) in [6.07, 6.45) is -3.42. The van der Waals surface area contributed by atoms with Crippen molar-refractivity contribution in [1.82, 2.24) is 4.98 Å². The highest BCUT2D eigenvalue weighted by Gasteiger charge is 2.33. The standard InChI is InChI=1S/C20H13ClF4N4O3/c21-14-3-1-10(7-13(14)20(23,24)25)28-19(31)29-16-4-2-11(8-15(16)22)32-12-5-6-27-17(9-12)18(26)30/h1-9H,(H2,26,30)(H2,28,29,31)/i1+1,3+1,7+1,10+1,13+1,14+1. The van der Waals surface area contributed by atoms with Gasteiger partial charge in [-0.25, -0.2) is 9.18 Å². The van der Waals surface area contributed by atoms with Crippen LogP contribution in [0.1, 0.15) is 16.1 Å². The first-order valence-corrected chi connectivity index (χ1v) is 9.09. The van der Waals surface area contributed by atoms with Crippen molar-refractivity contribution in [1.29, 1.82) is 0 Å². The number of ether oxygens (including phenoxy) is 1. The average molecular weight is 475 g/mol. The second-order valence-corrected chi connectivity index (χ2v) is 6.66. The summed E-state index contributed by atoms with van der Waals surface area (Å²) >= 11 is 5.53. The lowest BCUT2D eigenvalue weighted by atomic mass is 10.3. The number of benzene rings is 2. The number of nitrogens with two attached hydrogens (primary N) is 1. The largest absolute Gasteiger partial charge is 0.457 e. The minimum atomic E-state index is -4.71. The van der Waals surface area contributed by atoms with Crippen molar-refractivity contribution in [3.05, 3.63) is 76.8 Å². The minimum absolute atomic E-state index is 0.0441. The molecule has 0 aliphatic heterocycles. The molecule has 0 saturated carbocycles. The second-order valence-electron chi connectivity index (χ2n) is 6.26. The number of pyridine rings is 1. The third-order valence-corrected chi connectivity index (χ3v) is 4.27. The number of aromatic nitrogens is 1. The summed E-state index contributed by atoms with van der Waals surface area (Å²) in [5, 5.41) is 3.83. The molecule has 12 heteroatoms. The Morgan fingerprint density at radius 1 is 1.00 bits per heavy atom. The molecule has 2 aromatic carbocycles. The molecule has 32 heavy (non-hydrogen) atoms. The van der Waals surface area contributed by atoms with Gasteiger partial charge in [-0.1, -0.05) is 11.6 Å². The van der Waals surface area contributed by atoms with Crippen LogP contribution in [0.3, 0.4) is 0 Å². The molecular formula is C20H13ClF4N4O3. The molecule has 3 rings (SSSR count). The first-order chi connectivity index (χ1) is 15.0. The van der Waals surface area contributed by atoms with E-state index in [1.807, 2.05) is 0 Å². The highest BCUT2D eigenvalue weighted by Crippen LogP contribution is 2.36. The Kier molecular flexibility index (Phi) is 6.49. The van der Waals surface area contributed by atoms with Crippen LogP contribution in [0.15, 0.2) is 54.7 Å². The molecule has 0 aliphatic carbocycles. The third-order valence-electron chi connectivity index (χ3n) is 3.94. The van der Waals surface area contributed by atoms with E-state index in [0.717, 1.165) is 12.1 Å². The summed E-state index contributed by atoms with van der Waals surface area (Å²) in [6.45, 7) is 0. The first-order valence-electron chi connectivity index (χ1n) is 8.71. The minimum Gasteiger partial charge on any atom is -0.457 e. The van der Waals surface area contributed by atoms with Gasteiger partial charge in [0.25, 0.3) is 5.91 Å². The molecule has 3 amide bonds. The molecule has 0 saturated heterocycles. The molecule has 0 aliphatic rings. The van der Waals surface area contributed by atoms with Gasteiger partial charge in [0.1, 0.15) is 23.0 Å². The fourth-order valence-corrected chi connectivity index (χ4v) is 2.74. The lowest BCUT2D eigenvalue weighted by Gasteiger charge is -2.13. The number of carbonyl (C=O) groups is 2. The molecule has 1 heterocycles. The van der Waals surface area contributed by atoms with Gasteiger partial charge in [0.05, 0.1) is 16.3 Å². The number of nitrogens with zero attached hydrogens (tertiary/aromatic N) is 1. The molecule has 0 atom stereocenters. The van der Waals surface area contributed by atoms with E-state index in [1.165, 1.54) is 36.5 Å². The number of nitrogens with one attached hydrogen (secondary N) is 2. The van der Waals surface area contributed by atoms with E-state index in [0.29, 0.717) is 6.07 Å². The van der Waals surface area contributed by atoms with Crippen LogP contribution < -0.4 is 21.1 Å². The van der Waals surface area contributed by atoms with Gasteiger partial charge >= 0.3 is 12.2 Å². The molecule has 3 aromatic rings. The predicted octanol–water partition coefficient (Wildman–Crippen LogP) is 5.43. The van der Waals surface area contributed by atoms with Gasteiger partial charge in [-0.15, -0.1) is 0 Å². The molecule has 0 radical (unpaired) electrons. The number of primary amides is 1. The van der Waals surface area contributed by atoms with Gasteiger partial charge in [0.2, 0.25) is 0 Å². The lowest BCUT2D eigenvalue weighted by Crippen LogP contribution is -2.20. The SMILES string of the molecule is NC(=O)c1cc(Oc2ccc(NC(=O)N[13c]3[13cH][13cH][13c](Cl)[13c](C(F)(F)F)[13cH]3)c(F)c2)ccn1. The zero-order valence-corrected chi connectivity index (χ0v) is 16.6. The topological polar surface area (TPSA) is 106 Å². The van der Waals surface area contributed by atoms with Crippen molar-refractivity contribution in [2.24, 2.45) is 5.73 Å². The van der Waals surface area contributed by atoms with Crippen molar-refractivity contribution < 1.29 is 31.9 Å². The maximum absolute atomic E-state index is 14.4. The number of anilines is 2. The fourth-order valence-electron chi connectivity index (χ4n) is 2.51. The van der Waals surface area contributed by atoms with Crippen LogP contribution in [-0.4, -0.2) is 16.9 Å². The molecule has 0 bridgehead atoms. The van der Waals surface area contributed by atoms with E-state index in [1.54, 1.807) is 0 Å². The van der Waals surface area contributed by atoms with Crippen LogP contribution in [0.4, 0.5) is 33.7 Å². The van der Waals surface area contributed by atoms with E-state index < -0.39 is 34.5 Å². The fraction of sp³-hybridized carbons (Fsp3) is 0.0500. The van der Waals surface area contributed by atoms with E-state index in [9.17, 15) is 27.2 Å². The Morgan fingerprint density at radius 2 is 1.72 bits per heavy atom. The number of alkyl halides is 3. The summed E-state index contributed by atoms with van der Waals surface area (Å²) < 4.78 is 58.5. The molecule has 166 valence electrons. The second kappa shape index (κ2) is 9.10. The zero-order chi connectivity index (χ0) is 23.5. The van der Waals surface area contributed by atoms with Gasteiger partial charge in [0, 0.05) is 24.0 Å². The van der Waals surface area contributed by atoms with E-state index in [2.05, 4.69) is 15.6 Å². The van der Waals surface area contributed by atoms with Gasteiger partial charge in [-0.3, -0.25) is 9.78 Å². The predicted molar refractivity (Wildman–Crippen MR) is 108 cm³/mol. The monoisotopic (exact) mass is 474 g/mol. The van der Waals surface area contributed by atoms with Crippen molar-refractivity contribution >= 4 is 34.9 Å². The summed E-state index contributed by atoms with van der Waals surface area (Å²) in [6, 6.07) is 7.99. The maximum atomic E-state index is 14.4. The van der Waals surface area contributed by atoms with Crippen LogP contribution in [0.2, 0.25) is 5.02 Å². The molecule has 0 fully saturated rings. The Hall–Kier alpha value is -3.86. The molecule has 0 unspecified atom stereocenters. The average Bonchev–Trinajstić information content (AvgIpc) is 2.71. The van der Waals surface area contributed by atoms with Crippen LogP contribution in [-0.2, 0) is 6.18 Å². The Morgan fingerprint density at radius 3 is 2.38 bits per heavy atom. The van der Waals surface area contributed by atoms with Gasteiger partial charge in [-0.05, 0) is 36.4 Å². The zero-order valence-electron chi connectivity index (χ0n) is 15.8. The maximum Gasteiger partial charge on any atom is 0.417 e. The van der Waals surface area contributed by atoms with E-state index in [4.69, 9.17) is 22.1 Å². The summed E-state index contributed by atoms with van der Waals surface area (Å²) in [7, 11) is 0. The summed E-state index contributed by atoms with van der Waals surface area (Å²) in [5.41, 5.74) is 3.51. The van der Waals surface area contributed by atoms with Crippen molar-refractivity contribution in [3.63, 3.8) is 0 Å². The quantitative estimate of drug-likeness (QED) is 0.429. The summed E-state index contributed by atoms with van der Waals surface area (Å²) in [4.78, 5) is 27.0. The highest BCUT2D eigenvalue weighted by molar-refractivity contribution is 6.31. The van der Waals surface area contributed by atoms with Crippen molar-refractivity contribution in [2.75, 3.05) is 10.6 Å². The number of carbonyl (C=O) groups excluding carboxylic acids is 2. The number of hydrogen-bond acceptors (Lipinski definition) is 4. The molecular weight excluding hydrogens is 462 g/mol. The number of amides is 3. The smallest absolute Gasteiger partial charge is 0.417 e. The number of hydrogen-bond donors (Lipinski definition) is 3. The Bertz CT molecular complexity index is 1190. The summed E-state index contributed by atoms with van der Waals surface area (Å²) in [5.74, 6) is -1.43. The first kappa shape index (κ1) is 22.8. The van der Waals surface area contributed by atoms with Gasteiger partial charge < -0.3 is 21.1 Å². The van der Waals surface area contributed by atoms with E-state index >= 15 is 0 Å². The number of rotatable bonds is 5. The Balaban J connectivity index is 1.69. The number of urea groups is 1. The highest BCUT2D eigenvalue weighted by atomic mass is 35.5. The number of halogens is 5. The Labute approximate surface area is 183 Å². The van der Waals surface area contributed by atoms with Crippen LogP contribution in [0, 0.1) is 5.82 Å². The van der Waals surface area contributed by atoms with Crippen LogP contribution in [0.25, 0.3) is 0 Å². The normalized spacial score (nSPS) is 11.0. The van der Waals surface area contributed by atoms with Crippen LogP contribution in [0.5, 0.6) is 11.5 Å². The van der Waals surface area contributed by atoms with Gasteiger partial charge in [-0.2, -0.15) is 13.2 Å². The van der Waals surface area contributed by atoms with Crippen molar-refractivity contribution in [2.45, 2.75) is 6.18 Å². The van der Waals surface area contributed by atoms with Crippen molar-refractivity contribution in [3.8, 4) is 11.5 Å².